The highest BCUT2D eigenvalue weighted by Crippen LogP contribution is 2.52. The van der Waals surface area contributed by atoms with Crippen LogP contribution in [0.4, 0.5) is 0 Å². The van der Waals surface area contributed by atoms with Crippen molar-refractivity contribution >= 4 is 5.97 Å². The van der Waals surface area contributed by atoms with E-state index in [2.05, 4.69) is 0 Å². The maximum atomic E-state index is 12.2. The number of rotatable bonds is 1. The summed E-state index contributed by atoms with van der Waals surface area (Å²) in [6.07, 6.45) is 0.319. The molecule has 20 heavy (non-hydrogen) atoms. The first-order valence-electron chi connectivity index (χ1n) is 6.37. The largest absolute Gasteiger partial charge is 0.483 e. The Hall–Kier alpha value is -1.95. The van der Waals surface area contributed by atoms with Gasteiger partial charge in [0.2, 0.25) is 12.5 Å². The van der Waals surface area contributed by atoms with E-state index in [4.69, 9.17) is 24.7 Å². The Kier molecular flexibility index (Phi) is 2.62. The molecule has 6 heteroatoms. The standard InChI is InChI=1S/C14H17NO5/c1-13(2)6-14(15,12(16)17-3)8-4-5-9-11(10(8)20-13)19-7-18-9/h4-5H,6-7,15H2,1-3H3. The molecular weight excluding hydrogens is 262 g/mol. The Morgan fingerprint density at radius 3 is 2.75 bits per heavy atom. The third kappa shape index (κ3) is 1.71. The van der Waals surface area contributed by atoms with Crippen molar-refractivity contribution in [2.45, 2.75) is 31.4 Å². The summed E-state index contributed by atoms with van der Waals surface area (Å²) in [5.74, 6) is 1.06. The van der Waals surface area contributed by atoms with Crippen LogP contribution in [-0.4, -0.2) is 25.5 Å². The van der Waals surface area contributed by atoms with Crippen molar-refractivity contribution in [2.75, 3.05) is 13.9 Å². The van der Waals surface area contributed by atoms with Gasteiger partial charge in [0.25, 0.3) is 0 Å². The molecule has 108 valence electrons. The lowest BCUT2D eigenvalue weighted by molar-refractivity contribution is -0.151. The smallest absolute Gasteiger partial charge is 0.330 e. The van der Waals surface area contributed by atoms with Crippen molar-refractivity contribution in [3.8, 4) is 17.2 Å². The number of carbonyl (C=O) groups excluding carboxylic acids is 1. The average Bonchev–Trinajstić information content (AvgIpc) is 2.85. The van der Waals surface area contributed by atoms with E-state index in [0.717, 1.165) is 0 Å². The Labute approximate surface area is 116 Å². The van der Waals surface area contributed by atoms with Crippen LogP contribution in [0.15, 0.2) is 12.1 Å². The second kappa shape index (κ2) is 4.02. The van der Waals surface area contributed by atoms with Crippen LogP contribution < -0.4 is 19.9 Å². The fourth-order valence-electron chi connectivity index (χ4n) is 2.84. The number of methoxy groups -OCH3 is 1. The highest BCUT2D eigenvalue weighted by molar-refractivity contribution is 5.85. The van der Waals surface area contributed by atoms with Crippen molar-refractivity contribution in [1.82, 2.24) is 0 Å². The van der Waals surface area contributed by atoms with Crippen molar-refractivity contribution in [2.24, 2.45) is 5.73 Å². The second-order valence-corrected chi connectivity index (χ2v) is 5.68. The van der Waals surface area contributed by atoms with Gasteiger partial charge in [0.15, 0.2) is 11.5 Å². The molecular formula is C14H17NO5. The molecule has 0 bridgehead atoms. The number of ether oxygens (including phenoxy) is 4. The van der Waals surface area contributed by atoms with Crippen LogP contribution in [0.25, 0.3) is 0 Å². The molecule has 2 aliphatic heterocycles. The van der Waals surface area contributed by atoms with Crippen LogP contribution in [0.2, 0.25) is 0 Å². The molecule has 0 radical (unpaired) electrons. The van der Waals surface area contributed by atoms with Gasteiger partial charge >= 0.3 is 5.97 Å². The normalized spacial score (nSPS) is 25.6. The van der Waals surface area contributed by atoms with Gasteiger partial charge in [-0.2, -0.15) is 0 Å². The lowest BCUT2D eigenvalue weighted by atomic mass is 9.78. The molecule has 2 heterocycles. The lowest BCUT2D eigenvalue weighted by Crippen LogP contribution is -2.54. The Balaban J connectivity index is 2.21. The first-order chi connectivity index (χ1) is 9.37. The van der Waals surface area contributed by atoms with Crippen LogP contribution in [0.3, 0.4) is 0 Å². The molecule has 2 N–H and O–H groups in total. The summed E-state index contributed by atoms with van der Waals surface area (Å²) in [4.78, 5) is 12.2. The maximum Gasteiger partial charge on any atom is 0.330 e. The van der Waals surface area contributed by atoms with Crippen molar-refractivity contribution in [3.05, 3.63) is 17.7 Å². The number of carbonyl (C=O) groups is 1. The molecule has 0 saturated heterocycles. The van der Waals surface area contributed by atoms with E-state index >= 15 is 0 Å². The number of hydrogen-bond donors (Lipinski definition) is 1. The number of esters is 1. The number of hydrogen-bond acceptors (Lipinski definition) is 6. The van der Waals surface area contributed by atoms with E-state index in [1.54, 1.807) is 12.1 Å². The van der Waals surface area contributed by atoms with Gasteiger partial charge in [0.05, 0.1) is 7.11 Å². The summed E-state index contributed by atoms with van der Waals surface area (Å²) in [6, 6.07) is 3.46. The predicted molar refractivity (Wildman–Crippen MR) is 69.8 cm³/mol. The zero-order valence-corrected chi connectivity index (χ0v) is 11.7. The average molecular weight is 279 g/mol. The summed E-state index contributed by atoms with van der Waals surface area (Å²) in [6.45, 7) is 3.87. The van der Waals surface area contributed by atoms with Gasteiger partial charge in [-0.25, -0.2) is 4.79 Å². The minimum Gasteiger partial charge on any atom is -0.483 e. The molecule has 6 nitrogen and oxygen atoms in total. The van der Waals surface area contributed by atoms with Crippen LogP contribution in [0.5, 0.6) is 17.2 Å². The molecule has 0 saturated carbocycles. The quantitative estimate of drug-likeness (QED) is 0.781. The molecule has 0 aromatic heterocycles. The lowest BCUT2D eigenvalue weighted by Gasteiger charge is -2.42. The summed E-state index contributed by atoms with van der Waals surface area (Å²) in [5.41, 5.74) is 5.04. The predicted octanol–water partition coefficient (Wildman–Crippen LogP) is 1.30. The number of fused-ring (bicyclic) bond motifs is 3. The Morgan fingerprint density at radius 1 is 1.30 bits per heavy atom. The SMILES string of the molecule is COC(=O)C1(N)CC(C)(C)Oc2c1ccc1c2OCO1. The molecule has 0 aliphatic carbocycles. The first-order valence-corrected chi connectivity index (χ1v) is 6.37. The van der Waals surface area contributed by atoms with E-state index in [1.165, 1.54) is 7.11 Å². The van der Waals surface area contributed by atoms with Gasteiger partial charge in [-0.1, -0.05) is 0 Å². The molecule has 1 atom stereocenters. The summed E-state index contributed by atoms with van der Waals surface area (Å²) in [5, 5.41) is 0. The van der Waals surface area contributed by atoms with Gasteiger partial charge in [-0.3, -0.25) is 0 Å². The molecule has 1 aromatic carbocycles. The van der Waals surface area contributed by atoms with E-state index in [9.17, 15) is 4.79 Å². The fourth-order valence-corrected chi connectivity index (χ4v) is 2.84. The summed E-state index contributed by atoms with van der Waals surface area (Å²) in [7, 11) is 1.33. The fraction of sp³-hybridized carbons (Fsp3) is 0.500. The zero-order chi connectivity index (χ0) is 14.5. The van der Waals surface area contributed by atoms with Gasteiger partial charge in [-0.05, 0) is 26.0 Å². The van der Waals surface area contributed by atoms with Gasteiger partial charge in [0.1, 0.15) is 11.1 Å². The summed E-state index contributed by atoms with van der Waals surface area (Å²) >= 11 is 0. The van der Waals surface area contributed by atoms with Crippen LogP contribution in [0, 0.1) is 0 Å². The molecule has 0 fully saturated rings. The van der Waals surface area contributed by atoms with Gasteiger partial charge < -0.3 is 24.7 Å². The van der Waals surface area contributed by atoms with Crippen LogP contribution in [0.1, 0.15) is 25.8 Å². The minimum atomic E-state index is -1.26. The van der Waals surface area contributed by atoms with E-state index in [0.29, 0.717) is 29.2 Å². The molecule has 3 rings (SSSR count). The van der Waals surface area contributed by atoms with Crippen LogP contribution in [-0.2, 0) is 15.1 Å². The number of nitrogens with two attached hydrogens (primary N) is 1. The zero-order valence-electron chi connectivity index (χ0n) is 11.7. The highest BCUT2D eigenvalue weighted by Gasteiger charge is 2.50. The van der Waals surface area contributed by atoms with Gasteiger partial charge in [0, 0.05) is 12.0 Å². The third-order valence-corrected chi connectivity index (χ3v) is 3.61. The van der Waals surface area contributed by atoms with Crippen molar-refractivity contribution < 1.29 is 23.7 Å². The Bertz CT molecular complexity index is 583. The second-order valence-electron chi connectivity index (χ2n) is 5.68. The molecule has 2 aliphatic rings. The van der Waals surface area contributed by atoms with Crippen molar-refractivity contribution in [1.29, 1.82) is 0 Å². The van der Waals surface area contributed by atoms with E-state index in [-0.39, 0.29) is 6.79 Å². The van der Waals surface area contributed by atoms with Crippen molar-refractivity contribution in [3.63, 3.8) is 0 Å². The minimum absolute atomic E-state index is 0.130. The first kappa shape index (κ1) is 13.1. The Morgan fingerprint density at radius 2 is 2.05 bits per heavy atom. The topological polar surface area (TPSA) is 80.0 Å². The molecule has 1 aromatic rings. The molecule has 0 amide bonds. The molecule has 1 unspecified atom stereocenters. The van der Waals surface area contributed by atoms with E-state index in [1.807, 2.05) is 13.8 Å². The molecule has 0 spiro atoms. The van der Waals surface area contributed by atoms with Gasteiger partial charge in [-0.15, -0.1) is 0 Å². The maximum absolute atomic E-state index is 12.2. The third-order valence-electron chi connectivity index (χ3n) is 3.61. The van der Waals surface area contributed by atoms with E-state index < -0.39 is 17.1 Å². The monoisotopic (exact) mass is 279 g/mol. The summed E-state index contributed by atoms with van der Waals surface area (Å²) < 4.78 is 21.6. The number of benzene rings is 1. The highest BCUT2D eigenvalue weighted by atomic mass is 16.7. The van der Waals surface area contributed by atoms with Crippen LogP contribution >= 0.6 is 0 Å².